The predicted octanol–water partition coefficient (Wildman–Crippen LogP) is 5.49. The van der Waals surface area contributed by atoms with Crippen LogP contribution in [0.3, 0.4) is 0 Å². The van der Waals surface area contributed by atoms with E-state index in [0.717, 1.165) is 41.0 Å². The summed E-state index contributed by atoms with van der Waals surface area (Å²) in [6.45, 7) is 2.57. The molecule has 1 N–H and O–H groups in total. The fourth-order valence-corrected chi connectivity index (χ4v) is 5.18. The Morgan fingerprint density at radius 1 is 1.14 bits per heavy atom. The number of carbonyl (C=O) groups excluding carboxylic acids is 2. The Morgan fingerprint density at radius 3 is 2.80 bits per heavy atom. The lowest BCUT2D eigenvalue weighted by atomic mass is 10.0. The Labute approximate surface area is 210 Å². The van der Waals surface area contributed by atoms with Crippen molar-refractivity contribution in [3.63, 3.8) is 0 Å². The lowest BCUT2D eigenvalue weighted by molar-refractivity contribution is -0.119. The van der Waals surface area contributed by atoms with Gasteiger partial charge in [0.2, 0.25) is 5.91 Å². The van der Waals surface area contributed by atoms with Gasteiger partial charge in [0.1, 0.15) is 10.9 Å². The van der Waals surface area contributed by atoms with Crippen LogP contribution in [0.5, 0.6) is 5.75 Å². The molecular formula is C25H22ClN5O3S. The number of rotatable bonds is 5. The minimum Gasteiger partial charge on any atom is -0.494 e. The largest absolute Gasteiger partial charge is 0.494 e. The number of fused-ring (bicyclic) bond motifs is 1. The minimum atomic E-state index is -0.354. The van der Waals surface area contributed by atoms with Gasteiger partial charge in [-0.25, -0.2) is 9.97 Å². The number of thiazole rings is 1. The van der Waals surface area contributed by atoms with Crippen LogP contribution < -0.4 is 15.0 Å². The van der Waals surface area contributed by atoms with Crippen molar-refractivity contribution in [3.8, 4) is 16.9 Å². The van der Waals surface area contributed by atoms with Gasteiger partial charge in [-0.1, -0.05) is 22.9 Å². The maximum absolute atomic E-state index is 13.3. The van der Waals surface area contributed by atoms with Crippen LogP contribution in [0, 0.1) is 6.92 Å². The molecule has 4 heterocycles. The summed E-state index contributed by atoms with van der Waals surface area (Å²) in [5.41, 5.74) is 3.98. The van der Waals surface area contributed by atoms with Crippen molar-refractivity contribution in [1.82, 2.24) is 15.0 Å². The molecule has 0 saturated carbocycles. The third kappa shape index (κ3) is 4.69. The van der Waals surface area contributed by atoms with E-state index in [1.54, 1.807) is 6.07 Å². The van der Waals surface area contributed by atoms with Crippen molar-refractivity contribution in [2.24, 2.45) is 0 Å². The normalized spacial score (nSPS) is 13.8. The molecular weight excluding hydrogens is 486 g/mol. The molecule has 0 unspecified atom stereocenters. The first-order valence-electron chi connectivity index (χ1n) is 11.1. The third-order valence-electron chi connectivity index (χ3n) is 5.86. The summed E-state index contributed by atoms with van der Waals surface area (Å²) in [7, 11) is 1.54. The Bertz CT molecular complexity index is 1450. The van der Waals surface area contributed by atoms with Gasteiger partial charge in [0, 0.05) is 41.7 Å². The standard InChI is InChI=1S/C25H22ClN5O3S/c1-14-9-16(17-11-22(26)28-13-20(17)34-2)18(12-27-14)24(33)30-25-29-19-7-6-15(10-21(19)35-25)31-8-4-3-5-23(31)32/h6-7,9-13H,3-5,8H2,1-2H3,(H,29,30,33). The number of aryl methyl sites for hydroxylation is 1. The smallest absolute Gasteiger partial charge is 0.259 e. The molecule has 8 nitrogen and oxygen atoms in total. The first kappa shape index (κ1) is 23.2. The van der Waals surface area contributed by atoms with E-state index in [0.29, 0.717) is 34.0 Å². The monoisotopic (exact) mass is 507 g/mol. The molecule has 1 fully saturated rings. The number of hydrogen-bond donors (Lipinski definition) is 1. The summed E-state index contributed by atoms with van der Waals surface area (Å²) in [6, 6.07) is 9.20. The molecule has 5 rings (SSSR count). The van der Waals surface area contributed by atoms with E-state index in [2.05, 4.69) is 20.3 Å². The average Bonchev–Trinajstić information content (AvgIpc) is 3.25. The first-order chi connectivity index (χ1) is 16.9. The van der Waals surface area contributed by atoms with Crippen molar-refractivity contribution >= 4 is 55.8 Å². The molecule has 10 heteroatoms. The van der Waals surface area contributed by atoms with Crippen LogP contribution in [0.15, 0.2) is 42.7 Å². The molecule has 0 radical (unpaired) electrons. The summed E-state index contributed by atoms with van der Waals surface area (Å²) in [4.78, 5) is 40.4. The lowest BCUT2D eigenvalue weighted by Gasteiger charge is -2.26. The van der Waals surface area contributed by atoms with Gasteiger partial charge in [-0.2, -0.15) is 0 Å². The summed E-state index contributed by atoms with van der Waals surface area (Å²) in [5.74, 6) is 0.279. The summed E-state index contributed by atoms with van der Waals surface area (Å²) in [5, 5.41) is 3.64. The van der Waals surface area contributed by atoms with Crippen LogP contribution in [0.2, 0.25) is 5.15 Å². The van der Waals surface area contributed by atoms with Gasteiger partial charge in [-0.3, -0.25) is 19.9 Å². The summed E-state index contributed by atoms with van der Waals surface area (Å²) < 4.78 is 6.33. The topological polar surface area (TPSA) is 97.3 Å². The Hall–Kier alpha value is -3.56. The second-order valence-electron chi connectivity index (χ2n) is 8.21. The highest BCUT2D eigenvalue weighted by Gasteiger charge is 2.22. The molecule has 0 spiro atoms. The van der Waals surface area contributed by atoms with Gasteiger partial charge in [0.25, 0.3) is 5.91 Å². The van der Waals surface area contributed by atoms with Crippen LogP contribution in [-0.2, 0) is 4.79 Å². The fourth-order valence-electron chi connectivity index (χ4n) is 4.13. The third-order valence-corrected chi connectivity index (χ3v) is 7.00. The molecule has 178 valence electrons. The number of nitrogens with one attached hydrogen (secondary N) is 1. The van der Waals surface area contributed by atoms with E-state index >= 15 is 0 Å². The first-order valence-corrected chi connectivity index (χ1v) is 12.3. The number of methoxy groups -OCH3 is 1. The van der Waals surface area contributed by atoms with Gasteiger partial charge in [0.05, 0.1) is 29.1 Å². The molecule has 3 aromatic heterocycles. The van der Waals surface area contributed by atoms with E-state index in [4.69, 9.17) is 16.3 Å². The van der Waals surface area contributed by atoms with Crippen LogP contribution in [-0.4, -0.2) is 40.4 Å². The summed E-state index contributed by atoms with van der Waals surface area (Å²) in [6.07, 6.45) is 5.55. The van der Waals surface area contributed by atoms with Crippen molar-refractivity contribution < 1.29 is 14.3 Å². The number of nitrogens with zero attached hydrogens (tertiary/aromatic N) is 4. The number of halogens is 1. The van der Waals surface area contributed by atoms with Crippen LogP contribution >= 0.6 is 22.9 Å². The highest BCUT2D eigenvalue weighted by atomic mass is 35.5. The van der Waals surface area contributed by atoms with Gasteiger partial charge in [-0.05, 0) is 50.1 Å². The van der Waals surface area contributed by atoms with Gasteiger partial charge < -0.3 is 9.64 Å². The second kappa shape index (κ2) is 9.59. The molecule has 1 saturated heterocycles. The highest BCUT2D eigenvalue weighted by Crippen LogP contribution is 2.35. The lowest BCUT2D eigenvalue weighted by Crippen LogP contribution is -2.35. The van der Waals surface area contributed by atoms with E-state index in [1.807, 2.05) is 36.1 Å². The number of amides is 2. The Balaban J connectivity index is 1.46. The highest BCUT2D eigenvalue weighted by molar-refractivity contribution is 7.22. The zero-order valence-electron chi connectivity index (χ0n) is 19.2. The maximum atomic E-state index is 13.3. The number of pyridine rings is 2. The molecule has 35 heavy (non-hydrogen) atoms. The summed E-state index contributed by atoms with van der Waals surface area (Å²) >= 11 is 7.49. The number of piperidine rings is 1. The number of aromatic nitrogens is 3. The molecule has 1 aliphatic rings. The molecule has 1 aromatic carbocycles. The average molecular weight is 508 g/mol. The van der Waals surface area contributed by atoms with Crippen LogP contribution in [0.25, 0.3) is 21.3 Å². The second-order valence-corrected chi connectivity index (χ2v) is 9.62. The minimum absolute atomic E-state index is 0.139. The molecule has 4 aromatic rings. The molecule has 1 aliphatic heterocycles. The SMILES string of the molecule is COc1cnc(Cl)cc1-c1cc(C)ncc1C(=O)Nc1nc2ccc(N3CCCCC3=O)cc2s1. The van der Waals surface area contributed by atoms with E-state index in [9.17, 15) is 9.59 Å². The van der Waals surface area contributed by atoms with Crippen LogP contribution in [0.1, 0.15) is 35.3 Å². The van der Waals surface area contributed by atoms with E-state index in [-0.39, 0.29) is 17.0 Å². The molecule has 0 atom stereocenters. The van der Waals surface area contributed by atoms with E-state index in [1.165, 1.54) is 30.8 Å². The number of hydrogen-bond acceptors (Lipinski definition) is 7. The van der Waals surface area contributed by atoms with E-state index < -0.39 is 0 Å². The number of carbonyl (C=O) groups is 2. The van der Waals surface area contributed by atoms with Crippen molar-refractivity contribution in [2.45, 2.75) is 26.2 Å². The van der Waals surface area contributed by atoms with Gasteiger partial charge >= 0.3 is 0 Å². The zero-order valence-corrected chi connectivity index (χ0v) is 20.7. The number of ether oxygens (including phenoxy) is 1. The van der Waals surface area contributed by atoms with Gasteiger partial charge in [0.15, 0.2) is 5.13 Å². The zero-order chi connectivity index (χ0) is 24.5. The van der Waals surface area contributed by atoms with Crippen molar-refractivity contribution in [3.05, 3.63) is 59.1 Å². The fraction of sp³-hybridized carbons (Fsp3) is 0.240. The van der Waals surface area contributed by atoms with Gasteiger partial charge in [-0.15, -0.1) is 0 Å². The quantitative estimate of drug-likeness (QED) is 0.358. The molecule has 0 bridgehead atoms. The molecule has 2 amide bonds. The Kier molecular flexibility index (Phi) is 6.36. The number of benzene rings is 1. The van der Waals surface area contributed by atoms with Crippen molar-refractivity contribution in [2.75, 3.05) is 23.9 Å². The van der Waals surface area contributed by atoms with Crippen molar-refractivity contribution in [1.29, 1.82) is 0 Å². The number of anilines is 2. The molecule has 0 aliphatic carbocycles. The Morgan fingerprint density at radius 2 is 2.00 bits per heavy atom. The maximum Gasteiger partial charge on any atom is 0.259 e. The van der Waals surface area contributed by atoms with Crippen LogP contribution in [0.4, 0.5) is 10.8 Å². The predicted molar refractivity (Wildman–Crippen MR) is 138 cm³/mol.